The van der Waals surface area contributed by atoms with Crippen LogP contribution in [-0.2, 0) is 4.79 Å². The summed E-state index contributed by atoms with van der Waals surface area (Å²) in [6, 6.07) is -0.365. The second-order valence-corrected chi connectivity index (χ2v) is 6.68. The number of carboxylic acids is 1. The predicted molar refractivity (Wildman–Crippen MR) is 71.9 cm³/mol. The highest BCUT2D eigenvalue weighted by Gasteiger charge is 2.47. The maximum Gasteiger partial charge on any atom is 0.318 e. The van der Waals surface area contributed by atoms with Gasteiger partial charge in [0.25, 0.3) is 0 Å². The summed E-state index contributed by atoms with van der Waals surface area (Å²) in [7, 11) is 0. The third-order valence-corrected chi connectivity index (χ3v) is 4.89. The lowest BCUT2D eigenvalue weighted by atomic mass is 9.85. The molecule has 0 aromatic rings. The highest BCUT2D eigenvalue weighted by Crippen LogP contribution is 2.38. The lowest BCUT2D eigenvalue weighted by Gasteiger charge is -2.35. The molecule has 2 aliphatic rings. The summed E-state index contributed by atoms with van der Waals surface area (Å²) >= 11 is 0. The number of nitrogens with zero attached hydrogens (tertiary/aromatic N) is 1. The zero-order valence-corrected chi connectivity index (χ0v) is 12.0. The monoisotopic (exact) mass is 268 g/mol. The molecule has 2 rings (SSSR count). The van der Waals surface area contributed by atoms with Gasteiger partial charge < -0.3 is 15.3 Å². The lowest BCUT2D eigenvalue weighted by Crippen LogP contribution is -2.54. The predicted octanol–water partition coefficient (Wildman–Crippen LogP) is 2.21. The first-order chi connectivity index (χ1) is 8.77. The summed E-state index contributed by atoms with van der Waals surface area (Å²) in [5.41, 5.74) is -0.943. The van der Waals surface area contributed by atoms with Gasteiger partial charge in [-0.3, -0.25) is 4.79 Å². The van der Waals surface area contributed by atoms with Gasteiger partial charge in [0.05, 0.1) is 5.41 Å². The largest absolute Gasteiger partial charge is 0.481 e. The van der Waals surface area contributed by atoms with Gasteiger partial charge in [-0.2, -0.15) is 0 Å². The number of carboxylic acid groups (broad SMARTS) is 1. The quantitative estimate of drug-likeness (QED) is 0.806. The van der Waals surface area contributed by atoms with Crippen molar-refractivity contribution in [3.05, 3.63) is 0 Å². The Kier molecular flexibility index (Phi) is 3.49. The number of nitrogens with one attached hydrogen (secondary N) is 1. The van der Waals surface area contributed by atoms with Crippen LogP contribution in [0.15, 0.2) is 0 Å². The van der Waals surface area contributed by atoms with Crippen LogP contribution in [0.3, 0.4) is 0 Å². The Morgan fingerprint density at radius 1 is 1.21 bits per heavy atom. The molecule has 108 valence electrons. The fraction of sp³-hybridized carbons (Fsp3) is 0.857. The Hall–Kier alpha value is -1.26. The molecule has 1 saturated carbocycles. The van der Waals surface area contributed by atoms with E-state index in [2.05, 4.69) is 19.2 Å². The second kappa shape index (κ2) is 4.69. The normalized spacial score (nSPS) is 33.4. The number of likely N-dealkylation sites (tertiary alicyclic amines) is 1. The first-order valence-electron chi connectivity index (χ1n) is 7.09. The molecule has 0 radical (unpaired) electrons. The Morgan fingerprint density at radius 2 is 1.89 bits per heavy atom. The van der Waals surface area contributed by atoms with E-state index in [9.17, 15) is 14.7 Å². The Balaban J connectivity index is 2.05. The molecule has 5 heteroatoms. The molecule has 2 N–H and O–H groups in total. The molecule has 1 aliphatic carbocycles. The van der Waals surface area contributed by atoms with Crippen molar-refractivity contribution >= 4 is 12.0 Å². The summed E-state index contributed by atoms with van der Waals surface area (Å²) in [6.07, 6.45) is 4.26. The number of carbonyl (C=O) groups is 2. The Morgan fingerprint density at radius 3 is 2.42 bits per heavy atom. The van der Waals surface area contributed by atoms with Gasteiger partial charge in [-0.1, -0.05) is 6.42 Å². The van der Waals surface area contributed by atoms with E-state index in [1.165, 1.54) is 0 Å². The van der Waals surface area contributed by atoms with E-state index < -0.39 is 11.4 Å². The van der Waals surface area contributed by atoms with Crippen molar-refractivity contribution in [1.29, 1.82) is 0 Å². The fourth-order valence-corrected chi connectivity index (χ4v) is 3.36. The van der Waals surface area contributed by atoms with Crippen molar-refractivity contribution in [2.75, 3.05) is 6.54 Å². The first kappa shape index (κ1) is 14.2. The zero-order chi connectivity index (χ0) is 14.3. The van der Waals surface area contributed by atoms with Crippen LogP contribution in [0.4, 0.5) is 4.79 Å². The number of urea groups is 1. The van der Waals surface area contributed by atoms with Crippen LogP contribution in [0.25, 0.3) is 0 Å². The number of hydrogen-bond acceptors (Lipinski definition) is 2. The number of aliphatic carboxylic acids is 1. The minimum absolute atomic E-state index is 0.109. The number of rotatable bonds is 2. The standard InChI is InChI=1S/C14H24N2O3/c1-13(2)7-5-9-16(13)12(19)15-10-6-4-8-14(10,3)11(17)18/h10H,4-9H2,1-3H3,(H,15,19)(H,17,18). The van der Waals surface area contributed by atoms with Gasteiger partial charge >= 0.3 is 12.0 Å². The van der Waals surface area contributed by atoms with Crippen LogP contribution in [0.1, 0.15) is 52.9 Å². The zero-order valence-electron chi connectivity index (χ0n) is 12.0. The molecule has 1 saturated heterocycles. The lowest BCUT2D eigenvalue weighted by molar-refractivity contribution is -0.148. The smallest absolute Gasteiger partial charge is 0.318 e. The molecule has 2 unspecified atom stereocenters. The van der Waals surface area contributed by atoms with E-state index in [0.29, 0.717) is 6.42 Å². The molecule has 0 aromatic heterocycles. The molecule has 2 atom stereocenters. The SMILES string of the molecule is CC1(C(=O)O)CCCC1NC(=O)N1CCCC1(C)C. The topological polar surface area (TPSA) is 69.6 Å². The summed E-state index contributed by atoms with van der Waals surface area (Å²) in [6.45, 7) is 6.62. The number of hydrogen-bond donors (Lipinski definition) is 2. The molecule has 2 amide bonds. The minimum atomic E-state index is -0.820. The Labute approximate surface area is 114 Å². The summed E-state index contributed by atoms with van der Waals surface area (Å²) in [5, 5.41) is 12.3. The second-order valence-electron chi connectivity index (χ2n) is 6.68. The van der Waals surface area contributed by atoms with E-state index in [1.54, 1.807) is 6.92 Å². The highest BCUT2D eigenvalue weighted by molar-refractivity contribution is 5.80. The van der Waals surface area contributed by atoms with E-state index in [1.807, 2.05) is 4.90 Å². The maximum atomic E-state index is 12.3. The molecule has 1 aliphatic heterocycles. The molecule has 1 heterocycles. The fourth-order valence-electron chi connectivity index (χ4n) is 3.36. The molecule has 0 aromatic carbocycles. The van der Waals surface area contributed by atoms with Crippen LogP contribution in [0, 0.1) is 5.41 Å². The maximum absolute atomic E-state index is 12.3. The van der Waals surface area contributed by atoms with Crippen LogP contribution >= 0.6 is 0 Å². The van der Waals surface area contributed by atoms with Gasteiger partial charge in [0.1, 0.15) is 0 Å². The van der Waals surface area contributed by atoms with Crippen LogP contribution in [0.5, 0.6) is 0 Å². The molecular weight excluding hydrogens is 244 g/mol. The number of carbonyl (C=O) groups excluding carboxylic acids is 1. The van der Waals surface area contributed by atoms with Gasteiger partial charge in [0.2, 0.25) is 0 Å². The molecule has 5 nitrogen and oxygen atoms in total. The van der Waals surface area contributed by atoms with E-state index in [0.717, 1.165) is 32.2 Å². The third kappa shape index (κ3) is 2.42. The van der Waals surface area contributed by atoms with E-state index in [-0.39, 0.29) is 17.6 Å². The van der Waals surface area contributed by atoms with Gasteiger partial charge in [0, 0.05) is 18.1 Å². The van der Waals surface area contributed by atoms with Gasteiger partial charge in [0.15, 0.2) is 0 Å². The highest BCUT2D eigenvalue weighted by atomic mass is 16.4. The summed E-state index contributed by atoms with van der Waals surface area (Å²) in [4.78, 5) is 25.6. The third-order valence-electron chi connectivity index (χ3n) is 4.89. The summed E-state index contributed by atoms with van der Waals surface area (Å²) < 4.78 is 0. The van der Waals surface area contributed by atoms with Crippen LogP contribution in [-0.4, -0.2) is 40.1 Å². The van der Waals surface area contributed by atoms with Crippen molar-refractivity contribution in [3.8, 4) is 0 Å². The molecule has 0 spiro atoms. The van der Waals surface area contributed by atoms with Crippen molar-refractivity contribution < 1.29 is 14.7 Å². The average Bonchev–Trinajstić information content (AvgIpc) is 2.83. The van der Waals surface area contributed by atoms with Gasteiger partial charge in [-0.05, 0) is 46.5 Å². The summed E-state index contributed by atoms with van der Waals surface area (Å²) in [5.74, 6) is -0.809. The Bertz CT molecular complexity index is 394. The van der Waals surface area contributed by atoms with Gasteiger partial charge in [-0.15, -0.1) is 0 Å². The molecule has 2 fully saturated rings. The van der Waals surface area contributed by atoms with Crippen molar-refractivity contribution in [2.24, 2.45) is 5.41 Å². The van der Waals surface area contributed by atoms with Crippen LogP contribution < -0.4 is 5.32 Å². The van der Waals surface area contributed by atoms with Crippen molar-refractivity contribution in [2.45, 2.75) is 64.5 Å². The minimum Gasteiger partial charge on any atom is -0.481 e. The molecular formula is C14H24N2O3. The van der Waals surface area contributed by atoms with Crippen molar-refractivity contribution in [3.63, 3.8) is 0 Å². The van der Waals surface area contributed by atoms with Crippen LogP contribution in [0.2, 0.25) is 0 Å². The molecule has 19 heavy (non-hydrogen) atoms. The van der Waals surface area contributed by atoms with E-state index in [4.69, 9.17) is 0 Å². The first-order valence-corrected chi connectivity index (χ1v) is 7.09. The number of amides is 2. The average molecular weight is 268 g/mol. The van der Waals surface area contributed by atoms with Gasteiger partial charge in [-0.25, -0.2) is 4.79 Å². The van der Waals surface area contributed by atoms with E-state index >= 15 is 0 Å². The van der Waals surface area contributed by atoms with Crippen molar-refractivity contribution in [1.82, 2.24) is 10.2 Å². The molecule has 0 bridgehead atoms.